The van der Waals surface area contributed by atoms with Crippen LogP contribution in [-0.4, -0.2) is 44.8 Å². The lowest BCUT2D eigenvalue weighted by atomic mass is 9.67. The molecule has 198 valence electrons. The number of nitrogens with zero attached hydrogens (tertiary/aromatic N) is 1. The maximum atomic E-state index is 14.1. The molecule has 0 N–H and O–H groups in total. The lowest BCUT2D eigenvalue weighted by Gasteiger charge is -2.48. The zero-order chi connectivity index (χ0) is 26.6. The van der Waals surface area contributed by atoms with E-state index in [0.29, 0.717) is 24.7 Å². The standard InChI is InChI=1S/C30H29Br2NO5/c1-4-37-29(34)27-22-16-38-24-10-9-20(32)14-21(24)28(22)33-12-11-17-13-25(35-2)26(36-3)15-23(17)30(27,33)18-5-7-19(31)8-6-18/h5-10,13-15,22,27-28H,4,11-12,16H2,1-3H3/t22-,27+,28+,30-/m0/s1. The third-order valence-electron chi connectivity index (χ3n) is 8.26. The molecule has 0 radical (unpaired) electrons. The molecule has 6 rings (SSSR count). The number of benzene rings is 3. The minimum Gasteiger partial charge on any atom is -0.493 e. The molecule has 3 aliphatic rings. The fourth-order valence-electron chi connectivity index (χ4n) is 6.92. The van der Waals surface area contributed by atoms with Crippen LogP contribution in [-0.2, 0) is 21.5 Å². The third kappa shape index (κ3) is 3.71. The first-order chi connectivity index (χ1) is 18.4. The van der Waals surface area contributed by atoms with Crippen molar-refractivity contribution in [2.24, 2.45) is 11.8 Å². The zero-order valence-corrected chi connectivity index (χ0v) is 24.7. The van der Waals surface area contributed by atoms with Gasteiger partial charge in [-0.3, -0.25) is 9.69 Å². The summed E-state index contributed by atoms with van der Waals surface area (Å²) in [6.07, 6.45) is 0.816. The first-order valence-corrected chi connectivity index (χ1v) is 14.4. The Morgan fingerprint density at radius 1 is 1.03 bits per heavy atom. The van der Waals surface area contributed by atoms with E-state index in [9.17, 15) is 4.79 Å². The molecule has 3 aromatic rings. The molecule has 8 heteroatoms. The Hall–Kier alpha value is -2.55. The predicted molar refractivity (Wildman–Crippen MR) is 151 cm³/mol. The van der Waals surface area contributed by atoms with Gasteiger partial charge in [-0.1, -0.05) is 44.0 Å². The largest absolute Gasteiger partial charge is 0.493 e. The number of hydrogen-bond acceptors (Lipinski definition) is 6. The molecule has 0 aromatic heterocycles. The van der Waals surface area contributed by atoms with E-state index in [2.05, 4.69) is 67.1 Å². The van der Waals surface area contributed by atoms with Crippen LogP contribution in [0.5, 0.6) is 17.2 Å². The molecule has 6 nitrogen and oxygen atoms in total. The second kappa shape index (κ2) is 9.88. The van der Waals surface area contributed by atoms with Gasteiger partial charge in [0.1, 0.15) is 5.75 Å². The summed E-state index contributed by atoms with van der Waals surface area (Å²) >= 11 is 7.28. The summed E-state index contributed by atoms with van der Waals surface area (Å²) in [4.78, 5) is 16.6. The van der Waals surface area contributed by atoms with Crippen molar-refractivity contribution in [3.63, 3.8) is 0 Å². The second-order valence-corrected chi connectivity index (χ2v) is 11.7. The monoisotopic (exact) mass is 641 g/mol. The van der Waals surface area contributed by atoms with Crippen molar-refractivity contribution >= 4 is 37.8 Å². The van der Waals surface area contributed by atoms with Crippen LogP contribution in [0.25, 0.3) is 0 Å². The average Bonchev–Trinajstić information content (AvgIpc) is 3.24. The van der Waals surface area contributed by atoms with E-state index in [0.717, 1.165) is 49.9 Å². The van der Waals surface area contributed by atoms with Crippen molar-refractivity contribution in [2.75, 3.05) is 34.0 Å². The van der Waals surface area contributed by atoms with E-state index in [-0.39, 0.29) is 17.9 Å². The Bertz CT molecular complexity index is 1390. The topological polar surface area (TPSA) is 57.2 Å². The molecular weight excluding hydrogens is 614 g/mol. The predicted octanol–water partition coefficient (Wildman–Crippen LogP) is 6.27. The molecule has 0 amide bonds. The van der Waals surface area contributed by atoms with Gasteiger partial charge < -0.3 is 18.9 Å². The molecule has 1 fully saturated rings. The number of carbonyl (C=O) groups is 1. The summed E-state index contributed by atoms with van der Waals surface area (Å²) < 4.78 is 25.6. The SMILES string of the molecule is CCOC(=O)[C@H]1[C@@H]2COc3ccc(Br)cc3[C@H]2N2CCc3cc(OC)c(OC)cc3[C@@]12c1ccc(Br)cc1. The fraction of sp³-hybridized carbons (Fsp3) is 0.367. The highest BCUT2D eigenvalue weighted by atomic mass is 79.9. The summed E-state index contributed by atoms with van der Waals surface area (Å²) in [5.41, 5.74) is 3.53. The van der Waals surface area contributed by atoms with E-state index in [1.54, 1.807) is 14.2 Å². The highest BCUT2D eigenvalue weighted by Gasteiger charge is 2.66. The smallest absolute Gasteiger partial charge is 0.312 e. The molecule has 38 heavy (non-hydrogen) atoms. The van der Waals surface area contributed by atoms with Crippen molar-refractivity contribution in [2.45, 2.75) is 24.9 Å². The lowest BCUT2D eigenvalue weighted by molar-refractivity contribution is -0.152. The van der Waals surface area contributed by atoms with Crippen molar-refractivity contribution < 1.29 is 23.7 Å². The molecular formula is C30H29Br2NO5. The van der Waals surface area contributed by atoms with E-state index in [1.807, 2.05) is 31.2 Å². The van der Waals surface area contributed by atoms with E-state index < -0.39 is 11.5 Å². The van der Waals surface area contributed by atoms with E-state index in [4.69, 9.17) is 18.9 Å². The summed E-state index contributed by atoms with van der Waals surface area (Å²) in [6, 6.07) is 18.6. The number of rotatable bonds is 5. The fourth-order valence-corrected chi connectivity index (χ4v) is 7.56. The van der Waals surface area contributed by atoms with Crippen molar-refractivity contribution in [1.82, 2.24) is 4.90 Å². The van der Waals surface area contributed by atoms with E-state index >= 15 is 0 Å². The van der Waals surface area contributed by atoms with Crippen LogP contribution in [0.15, 0.2) is 63.5 Å². The van der Waals surface area contributed by atoms with Crippen LogP contribution in [0, 0.1) is 11.8 Å². The number of ether oxygens (including phenoxy) is 4. The van der Waals surface area contributed by atoms with E-state index in [1.165, 1.54) is 0 Å². The molecule has 3 aliphatic heterocycles. The molecule has 0 aliphatic carbocycles. The quantitative estimate of drug-likeness (QED) is 0.306. The summed E-state index contributed by atoms with van der Waals surface area (Å²) in [6.45, 7) is 3.37. The molecule has 0 saturated carbocycles. The molecule has 3 heterocycles. The van der Waals surface area contributed by atoms with Crippen LogP contribution >= 0.6 is 31.9 Å². The first kappa shape index (κ1) is 25.7. The molecule has 4 atom stereocenters. The number of esters is 1. The van der Waals surface area contributed by atoms with Crippen molar-refractivity contribution in [1.29, 1.82) is 0 Å². The third-order valence-corrected chi connectivity index (χ3v) is 9.28. The van der Waals surface area contributed by atoms with Gasteiger partial charge in [0.15, 0.2) is 11.5 Å². The molecule has 1 saturated heterocycles. The highest BCUT2D eigenvalue weighted by molar-refractivity contribution is 9.10. The molecule has 3 aromatic carbocycles. The van der Waals surface area contributed by atoms with Crippen LogP contribution < -0.4 is 14.2 Å². The summed E-state index contributed by atoms with van der Waals surface area (Å²) in [5, 5.41) is 0. The van der Waals surface area contributed by atoms with Gasteiger partial charge in [0.25, 0.3) is 0 Å². The summed E-state index contributed by atoms with van der Waals surface area (Å²) in [7, 11) is 3.30. The van der Waals surface area contributed by atoms with Gasteiger partial charge in [-0.2, -0.15) is 0 Å². The van der Waals surface area contributed by atoms with Crippen LogP contribution in [0.1, 0.15) is 35.2 Å². The van der Waals surface area contributed by atoms with Gasteiger partial charge in [0, 0.05) is 33.0 Å². The van der Waals surface area contributed by atoms with Crippen molar-refractivity contribution in [3.05, 3.63) is 85.8 Å². The second-order valence-electron chi connectivity index (χ2n) is 9.91. The Morgan fingerprint density at radius 3 is 2.45 bits per heavy atom. The van der Waals surface area contributed by atoms with Gasteiger partial charge in [-0.15, -0.1) is 0 Å². The van der Waals surface area contributed by atoms with Crippen LogP contribution in [0.2, 0.25) is 0 Å². The average molecular weight is 643 g/mol. The number of fused-ring (bicyclic) bond motifs is 7. The number of hydrogen-bond donors (Lipinski definition) is 0. The maximum Gasteiger partial charge on any atom is 0.312 e. The lowest BCUT2D eigenvalue weighted by Crippen LogP contribution is -2.53. The normalized spacial score (nSPS) is 25.3. The minimum absolute atomic E-state index is 0.0319. The van der Waals surface area contributed by atoms with Gasteiger partial charge in [-0.05, 0) is 72.5 Å². The number of halogens is 2. The minimum atomic E-state index is -0.789. The number of carbonyl (C=O) groups excluding carboxylic acids is 1. The highest BCUT2D eigenvalue weighted by Crippen LogP contribution is 2.63. The van der Waals surface area contributed by atoms with Gasteiger partial charge in [0.2, 0.25) is 0 Å². The van der Waals surface area contributed by atoms with Crippen LogP contribution in [0.3, 0.4) is 0 Å². The summed E-state index contributed by atoms with van der Waals surface area (Å²) in [5.74, 6) is 1.36. The zero-order valence-electron chi connectivity index (χ0n) is 21.5. The Kier molecular flexibility index (Phi) is 6.69. The van der Waals surface area contributed by atoms with Gasteiger partial charge >= 0.3 is 5.97 Å². The Balaban J connectivity index is 1.69. The Labute approximate surface area is 239 Å². The Morgan fingerprint density at radius 2 is 1.74 bits per heavy atom. The first-order valence-electron chi connectivity index (χ1n) is 12.8. The van der Waals surface area contributed by atoms with Crippen molar-refractivity contribution in [3.8, 4) is 17.2 Å². The van der Waals surface area contributed by atoms with Gasteiger partial charge in [0.05, 0.1) is 38.9 Å². The molecule has 0 bridgehead atoms. The van der Waals surface area contributed by atoms with Crippen LogP contribution in [0.4, 0.5) is 0 Å². The molecule has 0 spiro atoms. The van der Waals surface area contributed by atoms with Gasteiger partial charge in [-0.25, -0.2) is 0 Å². The number of methoxy groups -OCH3 is 2. The maximum absolute atomic E-state index is 14.1. The molecule has 0 unspecified atom stereocenters.